The molecule has 2 atom stereocenters. The number of hydrogen-bond acceptors (Lipinski definition) is 3. The van der Waals surface area contributed by atoms with Crippen molar-refractivity contribution in [2.45, 2.75) is 10.2 Å². The molecule has 0 saturated carbocycles. The van der Waals surface area contributed by atoms with E-state index in [1.165, 1.54) is 4.90 Å². The second-order valence-corrected chi connectivity index (χ2v) is 9.33. The number of carbonyl (C=O) groups is 2. The number of nitrogens with zero attached hydrogens (tertiary/aromatic N) is 1. The van der Waals surface area contributed by atoms with Gasteiger partial charge in [-0.25, -0.2) is 4.90 Å². The SMILES string of the molecule is COc1ccc(N2C(=O)C3C4c5ccccc5C(Br)(c5ccccc54)C3C2=O)cc1. The van der Waals surface area contributed by atoms with Crippen LogP contribution in [0.15, 0.2) is 72.8 Å². The normalized spacial score (nSPS) is 28.2. The maximum absolute atomic E-state index is 13.8. The lowest BCUT2D eigenvalue weighted by Crippen LogP contribution is -2.50. The van der Waals surface area contributed by atoms with Gasteiger partial charge < -0.3 is 4.74 Å². The lowest BCUT2D eigenvalue weighted by molar-refractivity contribution is -0.122. The number of rotatable bonds is 2. The first-order chi connectivity index (χ1) is 14.6. The third kappa shape index (κ3) is 2.01. The molecule has 1 fully saturated rings. The smallest absolute Gasteiger partial charge is 0.239 e. The molecule has 4 nitrogen and oxygen atoms in total. The molecule has 0 aromatic heterocycles. The Morgan fingerprint density at radius 1 is 0.833 bits per heavy atom. The minimum Gasteiger partial charge on any atom is -0.497 e. The van der Waals surface area contributed by atoms with E-state index in [1.807, 2.05) is 24.3 Å². The van der Waals surface area contributed by atoms with Crippen molar-refractivity contribution in [3.8, 4) is 5.75 Å². The fourth-order valence-corrected chi connectivity index (χ4v) is 6.87. The summed E-state index contributed by atoms with van der Waals surface area (Å²) in [6.45, 7) is 0. The molecule has 1 saturated heterocycles. The van der Waals surface area contributed by atoms with Crippen LogP contribution in [0.3, 0.4) is 0 Å². The van der Waals surface area contributed by atoms with Crippen LogP contribution in [0.4, 0.5) is 5.69 Å². The summed E-state index contributed by atoms with van der Waals surface area (Å²) in [6, 6.07) is 23.5. The standard InChI is InChI=1S/C25H18BrNO3/c1-30-15-12-10-14(11-13-15)27-23(28)21-20-16-6-2-4-8-18(16)25(26,22(21)24(27)29)19-9-5-3-7-17(19)20/h2-13,20-22H,1H3. The van der Waals surface area contributed by atoms with Gasteiger partial charge in [-0.3, -0.25) is 9.59 Å². The van der Waals surface area contributed by atoms with Gasteiger partial charge in [0, 0.05) is 5.92 Å². The molecule has 3 aromatic rings. The number of anilines is 1. The fraction of sp³-hybridized carbons (Fsp3) is 0.200. The van der Waals surface area contributed by atoms with Gasteiger partial charge in [0.1, 0.15) is 5.75 Å². The molecule has 148 valence electrons. The van der Waals surface area contributed by atoms with Crippen LogP contribution in [0.25, 0.3) is 0 Å². The highest BCUT2D eigenvalue weighted by Crippen LogP contribution is 2.66. The maximum atomic E-state index is 13.8. The van der Waals surface area contributed by atoms with E-state index in [1.54, 1.807) is 31.4 Å². The molecular weight excluding hydrogens is 442 g/mol. The van der Waals surface area contributed by atoms with Crippen LogP contribution in [0, 0.1) is 11.8 Å². The van der Waals surface area contributed by atoms with Crippen LogP contribution in [0.1, 0.15) is 28.2 Å². The molecule has 2 amide bonds. The highest BCUT2D eigenvalue weighted by atomic mass is 79.9. The molecule has 0 N–H and O–H groups in total. The van der Waals surface area contributed by atoms with Gasteiger partial charge in [0.25, 0.3) is 0 Å². The quantitative estimate of drug-likeness (QED) is 0.415. The number of alkyl halides is 1. The van der Waals surface area contributed by atoms with E-state index >= 15 is 0 Å². The number of ether oxygens (including phenoxy) is 1. The minimum atomic E-state index is -0.715. The molecule has 3 aromatic carbocycles. The summed E-state index contributed by atoms with van der Waals surface area (Å²) in [4.78, 5) is 28.8. The Morgan fingerprint density at radius 3 is 1.97 bits per heavy atom. The first-order valence-electron chi connectivity index (χ1n) is 9.97. The maximum Gasteiger partial charge on any atom is 0.239 e. The average molecular weight is 460 g/mol. The van der Waals surface area contributed by atoms with Crippen molar-refractivity contribution in [3.63, 3.8) is 0 Å². The van der Waals surface area contributed by atoms with Gasteiger partial charge in [0.15, 0.2) is 0 Å². The van der Waals surface area contributed by atoms with E-state index in [0.29, 0.717) is 11.4 Å². The molecule has 0 spiro atoms. The largest absolute Gasteiger partial charge is 0.497 e. The molecule has 3 aliphatic carbocycles. The van der Waals surface area contributed by atoms with Crippen molar-refractivity contribution in [1.29, 1.82) is 0 Å². The summed E-state index contributed by atoms with van der Waals surface area (Å²) in [5.74, 6) is -0.631. The van der Waals surface area contributed by atoms with Gasteiger partial charge in [-0.15, -0.1) is 0 Å². The van der Waals surface area contributed by atoms with Crippen LogP contribution >= 0.6 is 15.9 Å². The molecular formula is C25H18BrNO3. The first-order valence-corrected chi connectivity index (χ1v) is 10.8. The Labute approximate surface area is 182 Å². The van der Waals surface area contributed by atoms with Crippen LogP contribution in [-0.4, -0.2) is 18.9 Å². The van der Waals surface area contributed by atoms with Gasteiger partial charge in [0.2, 0.25) is 11.8 Å². The summed E-state index contributed by atoms with van der Waals surface area (Å²) in [5.41, 5.74) is 5.03. The van der Waals surface area contributed by atoms with E-state index in [-0.39, 0.29) is 17.7 Å². The number of methoxy groups -OCH3 is 1. The monoisotopic (exact) mass is 459 g/mol. The zero-order chi connectivity index (χ0) is 20.6. The van der Waals surface area contributed by atoms with Crippen molar-refractivity contribution in [2.24, 2.45) is 11.8 Å². The highest BCUT2D eigenvalue weighted by molar-refractivity contribution is 9.09. The molecule has 0 radical (unpaired) electrons. The summed E-state index contributed by atoms with van der Waals surface area (Å²) >= 11 is 4.01. The van der Waals surface area contributed by atoms with Crippen LogP contribution < -0.4 is 9.64 Å². The van der Waals surface area contributed by atoms with E-state index in [0.717, 1.165) is 22.3 Å². The van der Waals surface area contributed by atoms with Crippen LogP contribution in [0.5, 0.6) is 5.75 Å². The number of amides is 2. The lowest BCUT2D eigenvalue weighted by Gasteiger charge is -2.51. The lowest BCUT2D eigenvalue weighted by atomic mass is 9.55. The Bertz CT molecular complexity index is 1170. The summed E-state index contributed by atoms with van der Waals surface area (Å²) in [7, 11) is 1.59. The fourth-order valence-electron chi connectivity index (χ4n) is 5.66. The average Bonchev–Trinajstić information content (AvgIpc) is 3.06. The summed E-state index contributed by atoms with van der Waals surface area (Å²) < 4.78 is 4.51. The number of carbonyl (C=O) groups excluding carboxylic acids is 2. The Morgan fingerprint density at radius 2 is 1.40 bits per heavy atom. The van der Waals surface area contributed by atoms with Crippen molar-refractivity contribution >= 4 is 33.4 Å². The zero-order valence-corrected chi connectivity index (χ0v) is 17.8. The number of benzene rings is 3. The predicted molar refractivity (Wildman–Crippen MR) is 117 cm³/mol. The molecule has 1 aliphatic heterocycles. The van der Waals surface area contributed by atoms with Crippen LogP contribution in [-0.2, 0) is 13.9 Å². The Hall–Kier alpha value is -2.92. The van der Waals surface area contributed by atoms with Gasteiger partial charge in [-0.1, -0.05) is 64.5 Å². The molecule has 2 bridgehead atoms. The molecule has 5 heteroatoms. The van der Waals surface area contributed by atoms with Gasteiger partial charge in [0.05, 0.1) is 29.0 Å². The Balaban J connectivity index is 1.57. The summed E-state index contributed by atoms with van der Waals surface area (Å²) in [6.07, 6.45) is 0. The van der Waals surface area contributed by atoms with Crippen molar-refractivity contribution in [2.75, 3.05) is 12.0 Å². The predicted octanol–water partition coefficient (Wildman–Crippen LogP) is 4.60. The van der Waals surface area contributed by atoms with E-state index in [2.05, 4.69) is 40.2 Å². The second-order valence-electron chi connectivity index (χ2n) is 8.08. The number of hydrogen-bond donors (Lipinski definition) is 0. The molecule has 2 unspecified atom stereocenters. The van der Waals surface area contributed by atoms with Crippen molar-refractivity contribution < 1.29 is 14.3 Å². The highest BCUT2D eigenvalue weighted by Gasteiger charge is 2.67. The van der Waals surface area contributed by atoms with Gasteiger partial charge in [-0.2, -0.15) is 0 Å². The van der Waals surface area contributed by atoms with Crippen LogP contribution in [0.2, 0.25) is 0 Å². The molecule has 7 rings (SSSR count). The van der Waals surface area contributed by atoms with Gasteiger partial charge >= 0.3 is 0 Å². The number of halogens is 1. The van der Waals surface area contributed by atoms with Crippen molar-refractivity contribution in [1.82, 2.24) is 0 Å². The zero-order valence-electron chi connectivity index (χ0n) is 16.2. The topological polar surface area (TPSA) is 46.6 Å². The summed E-state index contributed by atoms with van der Waals surface area (Å²) in [5, 5.41) is 0. The minimum absolute atomic E-state index is 0.124. The van der Waals surface area contributed by atoms with Crippen molar-refractivity contribution in [3.05, 3.63) is 95.1 Å². The Kier molecular flexibility index (Phi) is 3.61. The molecule has 4 aliphatic rings. The third-order valence-electron chi connectivity index (χ3n) is 6.85. The number of imide groups is 1. The third-order valence-corrected chi connectivity index (χ3v) is 8.19. The molecule has 30 heavy (non-hydrogen) atoms. The van der Waals surface area contributed by atoms with E-state index < -0.39 is 16.2 Å². The van der Waals surface area contributed by atoms with E-state index in [4.69, 9.17) is 4.74 Å². The first kappa shape index (κ1) is 17.9. The van der Waals surface area contributed by atoms with E-state index in [9.17, 15) is 9.59 Å². The molecule has 1 heterocycles. The second kappa shape index (κ2) is 6.05. The van der Waals surface area contributed by atoms with Gasteiger partial charge in [-0.05, 0) is 46.5 Å².